The molecule has 8 heteroatoms. The van der Waals surface area contributed by atoms with Crippen molar-refractivity contribution in [2.75, 3.05) is 0 Å². The van der Waals surface area contributed by atoms with E-state index in [4.69, 9.17) is 0 Å². The molecule has 2 heterocycles. The van der Waals surface area contributed by atoms with Gasteiger partial charge in [0.25, 0.3) is 0 Å². The molecule has 0 saturated heterocycles. The van der Waals surface area contributed by atoms with Crippen molar-refractivity contribution < 1.29 is 26.7 Å². The largest absolute Gasteiger partial charge is 0.352 e. The number of carbonyl (C=O) groups excluding carboxylic acids is 1. The number of hydrogen-bond donors (Lipinski definition) is 1. The van der Waals surface area contributed by atoms with E-state index in [0.717, 1.165) is 5.56 Å². The second-order valence-corrected chi connectivity index (χ2v) is 6.32. The zero-order chi connectivity index (χ0) is 21.4. The van der Waals surface area contributed by atoms with Crippen molar-refractivity contribution in [2.24, 2.45) is 4.99 Å². The van der Waals surface area contributed by atoms with E-state index in [-0.39, 0.29) is 5.69 Å². The van der Waals surface area contributed by atoms with Gasteiger partial charge < -0.3 is 4.98 Å². The molecule has 3 nitrogen and oxygen atoms in total. The van der Waals surface area contributed by atoms with Crippen LogP contribution in [0.3, 0.4) is 0 Å². The molecule has 0 amide bonds. The first-order valence-electron chi connectivity index (χ1n) is 8.66. The predicted octanol–water partition coefficient (Wildman–Crippen LogP) is 5.34. The molecule has 1 aromatic heterocycles. The minimum absolute atomic E-state index is 0.340. The molecule has 0 atom stereocenters. The van der Waals surface area contributed by atoms with Gasteiger partial charge in [0.05, 0.1) is 11.4 Å². The lowest BCUT2D eigenvalue weighted by atomic mass is 10.0. The molecule has 2 aromatic carbocycles. The number of aromatic amines is 1. The van der Waals surface area contributed by atoms with Crippen LogP contribution in [0.15, 0.2) is 65.3 Å². The van der Waals surface area contributed by atoms with E-state index in [1.54, 1.807) is 42.6 Å². The number of allylic oxidation sites excluding steroid dienone is 2. The van der Waals surface area contributed by atoms with Crippen LogP contribution in [0.2, 0.25) is 0 Å². The number of nitrogens with zero attached hydrogens (tertiary/aromatic N) is 1. The average molecular weight is 414 g/mol. The molecule has 30 heavy (non-hydrogen) atoms. The summed E-state index contributed by atoms with van der Waals surface area (Å²) in [6.45, 7) is 0. The highest BCUT2D eigenvalue weighted by Gasteiger charge is 2.31. The van der Waals surface area contributed by atoms with Gasteiger partial charge in [0.15, 0.2) is 23.3 Å². The number of ketones is 1. The van der Waals surface area contributed by atoms with Crippen molar-refractivity contribution in [3.63, 3.8) is 0 Å². The Labute approximate surface area is 166 Å². The summed E-state index contributed by atoms with van der Waals surface area (Å²) in [5, 5.41) is 0. The van der Waals surface area contributed by atoms with Gasteiger partial charge >= 0.3 is 0 Å². The normalized spacial score (nSPS) is 14.4. The second kappa shape index (κ2) is 7.55. The standard InChI is InChI=1S/C22H11F5N2O/c23-17-16(18(24)20(26)21(27)19(17)25)22(30)14-9-8-13(29-14)15(12-7-4-10-28-12)11-5-2-1-3-6-11/h1-10,29H/b15-12+. The van der Waals surface area contributed by atoms with Crippen molar-refractivity contribution in [1.29, 1.82) is 0 Å². The van der Waals surface area contributed by atoms with Crippen LogP contribution in [0.5, 0.6) is 0 Å². The molecular weight excluding hydrogens is 403 g/mol. The molecule has 0 aliphatic carbocycles. The van der Waals surface area contributed by atoms with Crippen molar-refractivity contribution >= 4 is 17.6 Å². The summed E-state index contributed by atoms with van der Waals surface area (Å²) in [4.78, 5) is 19.5. The molecule has 1 aliphatic rings. The Balaban J connectivity index is 1.82. The predicted molar refractivity (Wildman–Crippen MR) is 101 cm³/mol. The fraction of sp³-hybridized carbons (Fsp3) is 0. The number of hydrogen-bond acceptors (Lipinski definition) is 2. The third-order valence-electron chi connectivity index (χ3n) is 4.51. The van der Waals surface area contributed by atoms with Gasteiger partial charge in [0, 0.05) is 17.5 Å². The van der Waals surface area contributed by atoms with Crippen molar-refractivity contribution in [2.45, 2.75) is 0 Å². The molecule has 0 radical (unpaired) electrons. The number of aliphatic imine (C=N–C) groups is 1. The fourth-order valence-electron chi connectivity index (χ4n) is 3.11. The highest BCUT2D eigenvalue weighted by Crippen LogP contribution is 2.30. The molecule has 0 fully saturated rings. The summed E-state index contributed by atoms with van der Waals surface area (Å²) < 4.78 is 68.3. The number of carbonyl (C=O) groups is 1. The Morgan fingerprint density at radius 3 is 1.97 bits per heavy atom. The minimum atomic E-state index is -2.32. The van der Waals surface area contributed by atoms with Gasteiger partial charge in [-0.25, -0.2) is 22.0 Å². The first-order chi connectivity index (χ1) is 14.4. The number of benzene rings is 2. The first-order valence-corrected chi connectivity index (χ1v) is 8.66. The topological polar surface area (TPSA) is 45.2 Å². The van der Waals surface area contributed by atoms with Crippen LogP contribution in [0, 0.1) is 29.1 Å². The van der Waals surface area contributed by atoms with Gasteiger partial charge in [-0.15, -0.1) is 0 Å². The van der Waals surface area contributed by atoms with Gasteiger partial charge in [-0.2, -0.15) is 0 Å². The van der Waals surface area contributed by atoms with Crippen LogP contribution in [0.4, 0.5) is 22.0 Å². The average Bonchev–Trinajstić information content (AvgIpc) is 3.45. The molecule has 0 saturated carbocycles. The smallest absolute Gasteiger partial charge is 0.215 e. The van der Waals surface area contributed by atoms with E-state index in [2.05, 4.69) is 9.98 Å². The van der Waals surface area contributed by atoms with E-state index in [1.807, 2.05) is 6.07 Å². The molecule has 150 valence electrons. The molecule has 1 aliphatic heterocycles. The van der Waals surface area contributed by atoms with E-state index < -0.39 is 40.4 Å². The minimum Gasteiger partial charge on any atom is -0.352 e. The number of aromatic nitrogens is 1. The molecular formula is C22H11F5N2O. The van der Waals surface area contributed by atoms with Gasteiger partial charge in [-0.1, -0.05) is 30.3 Å². The quantitative estimate of drug-likeness (QED) is 0.266. The number of H-pyrrole nitrogens is 1. The van der Waals surface area contributed by atoms with Crippen molar-refractivity contribution in [1.82, 2.24) is 4.98 Å². The van der Waals surface area contributed by atoms with E-state index in [1.165, 1.54) is 12.1 Å². The zero-order valence-corrected chi connectivity index (χ0v) is 15.0. The summed E-state index contributed by atoms with van der Waals surface area (Å²) in [5.41, 5.74) is 0.427. The Kier molecular flexibility index (Phi) is 4.91. The lowest BCUT2D eigenvalue weighted by Gasteiger charge is -2.09. The van der Waals surface area contributed by atoms with Gasteiger partial charge in [-0.05, 0) is 29.8 Å². The van der Waals surface area contributed by atoms with Crippen LogP contribution in [-0.2, 0) is 0 Å². The Bertz CT molecular complexity index is 1210. The molecule has 1 N–H and O–H groups in total. The summed E-state index contributed by atoms with van der Waals surface area (Å²) >= 11 is 0. The Morgan fingerprint density at radius 2 is 1.37 bits per heavy atom. The summed E-state index contributed by atoms with van der Waals surface area (Å²) in [6, 6.07) is 11.7. The third-order valence-corrected chi connectivity index (χ3v) is 4.51. The van der Waals surface area contributed by atoms with E-state index in [9.17, 15) is 26.7 Å². The van der Waals surface area contributed by atoms with Crippen LogP contribution >= 0.6 is 0 Å². The monoisotopic (exact) mass is 414 g/mol. The lowest BCUT2D eigenvalue weighted by molar-refractivity contribution is 0.102. The van der Waals surface area contributed by atoms with Crippen LogP contribution in [0.1, 0.15) is 27.3 Å². The summed E-state index contributed by atoms with van der Waals surface area (Å²) in [6.07, 6.45) is 5.01. The summed E-state index contributed by atoms with van der Waals surface area (Å²) in [5.74, 6) is -12.4. The SMILES string of the molecule is O=C(c1ccc(/C(=C2\C=CC=N2)c2ccccc2)[nH]1)c1c(F)c(F)c(F)c(F)c1F. The van der Waals surface area contributed by atoms with Crippen molar-refractivity contribution in [3.8, 4) is 0 Å². The molecule has 4 rings (SSSR count). The van der Waals surface area contributed by atoms with Gasteiger partial charge in [-0.3, -0.25) is 9.79 Å². The first kappa shape index (κ1) is 19.5. The highest BCUT2D eigenvalue weighted by atomic mass is 19.2. The number of rotatable bonds is 4. The molecule has 3 aromatic rings. The fourth-order valence-corrected chi connectivity index (χ4v) is 3.11. The van der Waals surface area contributed by atoms with Crippen LogP contribution < -0.4 is 0 Å². The summed E-state index contributed by atoms with van der Waals surface area (Å²) in [7, 11) is 0. The second-order valence-electron chi connectivity index (χ2n) is 6.32. The lowest BCUT2D eigenvalue weighted by Crippen LogP contribution is -2.14. The maximum atomic E-state index is 14.0. The zero-order valence-electron chi connectivity index (χ0n) is 15.0. The third kappa shape index (κ3) is 3.16. The van der Waals surface area contributed by atoms with Crippen molar-refractivity contribution in [3.05, 3.63) is 112 Å². The van der Waals surface area contributed by atoms with E-state index >= 15 is 0 Å². The van der Waals surface area contributed by atoms with E-state index in [0.29, 0.717) is 17.0 Å². The van der Waals surface area contributed by atoms with Crippen LogP contribution in [0.25, 0.3) is 5.57 Å². The highest BCUT2D eigenvalue weighted by molar-refractivity contribution is 6.08. The van der Waals surface area contributed by atoms with Gasteiger partial charge in [0.1, 0.15) is 5.56 Å². The molecule has 0 unspecified atom stereocenters. The molecule has 0 spiro atoms. The van der Waals surface area contributed by atoms with Crippen LogP contribution in [-0.4, -0.2) is 17.0 Å². The van der Waals surface area contributed by atoms with Gasteiger partial charge in [0.2, 0.25) is 11.6 Å². The molecule has 0 bridgehead atoms. The Hall–Kier alpha value is -3.81. The Morgan fingerprint density at radius 1 is 0.767 bits per heavy atom. The maximum absolute atomic E-state index is 14.0. The number of nitrogens with one attached hydrogen (secondary N) is 1. The maximum Gasteiger partial charge on any atom is 0.215 e. The number of halogens is 5.